The van der Waals surface area contributed by atoms with E-state index in [9.17, 15) is 12.8 Å². The highest BCUT2D eigenvalue weighted by Gasteiger charge is 2.40. The lowest BCUT2D eigenvalue weighted by molar-refractivity contribution is 0.193. The number of sulfone groups is 1. The van der Waals surface area contributed by atoms with E-state index in [4.69, 9.17) is 11.6 Å². The number of hydrogen-bond acceptors (Lipinski definition) is 8. The number of benzene rings is 1. The Balaban J connectivity index is 1.30. The number of aromatic nitrogens is 5. The van der Waals surface area contributed by atoms with E-state index in [1.165, 1.54) is 12.5 Å². The Morgan fingerprint density at radius 2 is 1.88 bits per heavy atom. The van der Waals surface area contributed by atoms with Crippen molar-refractivity contribution in [3.63, 3.8) is 0 Å². The quantitative estimate of drug-likeness (QED) is 0.537. The lowest BCUT2D eigenvalue weighted by Gasteiger charge is -2.35. The molecule has 0 unspecified atom stereocenters. The third-order valence-electron chi connectivity index (χ3n) is 6.97. The highest BCUT2D eigenvalue weighted by Crippen LogP contribution is 2.35. The average molecular weight is 504 g/mol. The Kier molecular flexibility index (Phi) is 5.30. The van der Waals surface area contributed by atoms with E-state index in [0.717, 1.165) is 35.7 Å². The largest absolute Gasteiger partial charge is 0.354 e. The van der Waals surface area contributed by atoms with Crippen LogP contribution in [-0.2, 0) is 22.9 Å². The third kappa shape index (κ3) is 3.85. The number of fused-ring (bicyclic) bond motifs is 3. The molecule has 5 heterocycles. The van der Waals surface area contributed by atoms with Gasteiger partial charge in [-0.15, -0.1) is 10.2 Å². The number of rotatable bonds is 3. The summed E-state index contributed by atoms with van der Waals surface area (Å²) in [7, 11) is -2.95. The van der Waals surface area contributed by atoms with Crippen LogP contribution in [0.3, 0.4) is 0 Å². The van der Waals surface area contributed by atoms with E-state index >= 15 is 0 Å². The van der Waals surface area contributed by atoms with Crippen LogP contribution in [-0.4, -0.2) is 68.7 Å². The zero-order chi connectivity index (χ0) is 23.4. The molecule has 3 aromatic rings. The van der Waals surface area contributed by atoms with Crippen molar-refractivity contribution in [1.82, 2.24) is 29.6 Å². The van der Waals surface area contributed by atoms with Gasteiger partial charge in [-0.25, -0.2) is 22.8 Å². The monoisotopic (exact) mass is 503 g/mol. The van der Waals surface area contributed by atoms with Gasteiger partial charge in [-0.3, -0.25) is 9.47 Å². The molecule has 0 N–H and O–H groups in total. The Bertz CT molecular complexity index is 1350. The van der Waals surface area contributed by atoms with Crippen LogP contribution in [0.5, 0.6) is 0 Å². The first kappa shape index (κ1) is 21.9. The molecule has 178 valence electrons. The van der Waals surface area contributed by atoms with Gasteiger partial charge in [-0.05, 0) is 36.6 Å². The summed E-state index contributed by atoms with van der Waals surface area (Å²) in [4.78, 5) is 11.9. The van der Waals surface area contributed by atoms with Crippen molar-refractivity contribution in [2.75, 3.05) is 29.5 Å². The number of anilines is 1. The molecule has 6 rings (SSSR count). The van der Waals surface area contributed by atoms with E-state index < -0.39 is 15.7 Å². The van der Waals surface area contributed by atoms with Crippen molar-refractivity contribution >= 4 is 27.3 Å². The molecule has 34 heavy (non-hydrogen) atoms. The normalized spacial score (nSPS) is 20.9. The van der Waals surface area contributed by atoms with Gasteiger partial charge in [0.25, 0.3) is 0 Å². The number of hydrogen-bond donors (Lipinski definition) is 0. The van der Waals surface area contributed by atoms with Gasteiger partial charge in [0.15, 0.2) is 27.3 Å². The van der Waals surface area contributed by atoms with Crippen molar-refractivity contribution < 1.29 is 12.8 Å². The summed E-state index contributed by atoms with van der Waals surface area (Å²) in [5.41, 5.74) is 2.01. The van der Waals surface area contributed by atoms with Crippen LogP contribution < -0.4 is 4.90 Å². The molecular weight excluding hydrogens is 481 g/mol. The molecule has 2 aromatic heterocycles. The van der Waals surface area contributed by atoms with Crippen LogP contribution >= 0.6 is 11.6 Å². The highest BCUT2D eigenvalue weighted by molar-refractivity contribution is 7.92. The standard InChI is InChI=1S/C22H23ClFN7O2S/c23-16-1-2-19-15(7-16)9-30(17-11-34(32,33)12-17)10-20-27-28-21(31(19)20)14-3-5-29(6-4-14)22-18(24)8-25-13-26-22/h1-2,7-8,13-14,17H,3-6,9-12H2. The van der Waals surface area contributed by atoms with Gasteiger partial charge >= 0.3 is 0 Å². The van der Waals surface area contributed by atoms with Crippen molar-refractivity contribution in [2.24, 2.45) is 0 Å². The lowest BCUT2D eigenvalue weighted by atomic mass is 9.95. The minimum absolute atomic E-state index is 0.0328. The van der Waals surface area contributed by atoms with Crippen LogP contribution in [0.2, 0.25) is 5.02 Å². The van der Waals surface area contributed by atoms with E-state index in [0.29, 0.717) is 37.0 Å². The van der Waals surface area contributed by atoms with E-state index in [2.05, 4.69) is 29.6 Å². The summed E-state index contributed by atoms with van der Waals surface area (Å²) >= 11 is 6.33. The van der Waals surface area contributed by atoms with Gasteiger partial charge in [0.05, 0.1) is 29.9 Å². The molecule has 0 aliphatic carbocycles. The summed E-state index contributed by atoms with van der Waals surface area (Å²) in [5.74, 6) is 2.08. The first-order valence-electron chi connectivity index (χ1n) is 11.3. The molecule has 3 aliphatic rings. The number of nitrogens with zero attached hydrogens (tertiary/aromatic N) is 7. The van der Waals surface area contributed by atoms with Crippen LogP contribution in [0.1, 0.15) is 36.0 Å². The smallest absolute Gasteiger partial charge is 0.183 e. The Labute approximate surface area is 201 Å². The molecule has 1 aromatic carbocycles. The first-order chi connectivity index (χ1) is 16.4. The van der Waals surface area contributed by atoms with Crippen LogP contribution in [0, 0.1) is 5.82 Å². The number of piperidine rings is 1. The lowest BCUT2D eigenvalue weighted by Crippen LogP contribution is -2.52. The molecule has 0 atom stereocenters. The second-order valence-electron chi connectivity index (χ2n) is 9.17. The fourth-order valence-corrected chi connectivity index (χ4v) is 6.90. The summed E-state index contributed by atoms with van der Waals surface area (Å²) in [6.45, 7) is 2.43. The van der Waals surface area contributed by atoms with Gasteiger partial charge in [0, 0.05) is 36.6 Å². The van der Waals surface area contributed by atoms with Crippen LogP contribution in [0.15, 0.2) is 30.7 Å². The maximum absolute atomic E-state index is 14.2. The number of halogens is 2. The molecule has 2 saturated heterocycles. The van der Waals surface area contributed by atoms with Crippen molar-refractivity contribution in [1.29, 1.82) is 0 Å². The molecule has 3 aliphatic heterocycles. The molecule has 2 fully saturated rings. The molecule has 0 amide bonds. The van der Waals surface area contributed by atoms with Crippen LogP contribution in [0.25, 0.3) is 5.69 Å². The molecule has 0 saturated carbocycles. The predicted molar refractivity (Wildman–Crippen MR) is 124 cm³/mol. The SMILES string of the molecule is O=S1(=O)CC(N2Cc3cc(Cl)ccc3-n3c(nnc3C3CCN(c4ncncc4F)CC3)C2)C1. The van der Waals surface area contributed by atoms with Crippen molar-refractivity contribution in [2.45, 2.75) is 37.9 Å². The van der Waals surface area contributed by atoms with Gasteiger partial charge in [-0.2, -0.15) is 0 Å². The first-order valence-corrected chi connectivity index (χ1v) is 13.5. The molecule has 0 spiro atoms. The minimum atomic E-state index is -2.95. The summed E-state index contributed by atoms with van der Waals surface area (Å²) in [5, 5.41) is 9.75. The summed E-state index contributed by atoms with van der Waals surface area (Å²) in [6, 6.07) is 5.75. The second kappa shape index (κ2) is 8.24. The molecule has 0 radical (unpaired) electrons. The second-order valence-corrected chi connectivity index (χ2v) is 11.8. The third-order valence-corrected chi connectivity index (χ3v) is 8.99. The van der Waals surface area contributed by atoms with Crippen molar-refractivity contribution in [3.8, 4) is 5.69 Å². The average Bonchev–Trinajstić information content (AvgIpc) is 3.14. The van der Waals surface area contributed by atoms with E-state index in [-0.39, 0.29) is 23.5 Å². The maximum atomic E-state index is 14.2. The van der Waals surface area contributed by atoms with Gasteiger partial charge < -0.3 is 4.90 Å². The molecule has 9 nitrogen and oxygen atoms in total. The molecular formula is C22H23ClFN7O2S. The van der Waals surface area contributed by atoms with E-state index in [1.807, 2.05) is 23.1 Å². The molecule has 0 bridgehead atoms. The Morgan fingerprint density at radius 1 is 1.09 bits per heavy atom. The van der Waals surface area contributed by atoms with Gasteiger partial charge in [-0.1, -0.05) is 11.6 Å². The fraction of sp³-hybridized carbons (Fsp3) is 0.455. The fourth-order valence-electron chi connectivity index (χ4n) is 5.21. The maximum Gasteiger partial charge on any atom is 0.183 e. The predicted octanol–water partition coefficient (Wildman–Crippen LogP) is 2.35. The summed E-state index contributed by atoms with van der Waals surface area (Å²) < 4.78 is 39.9. The topological polar surface area (TPSA) is 97.1 Å². The van der Waals surface area contributed by atoms with Crippen molar-refractivity contribution in [3.05, 3.63) is 58.8 Å². The zero-order valence-corrected chi connectivity index (χ0v) is 19.9. The van der Waals surface area contributed by atoms with Gasteiger partial charge in [0.1, 0.15) is 12.2 Å². The van der Waals surface area contributed by atoms with Gasteiger partial charge in [0.2, 0.25) is 0 Å². The molecule has 12 heteroatoms. The Hall–Kier alpha value is -2.63. The van der Waals surface area contributed by atoms with E-state index in [1.54, 1.807) is 0 Å². The highest BCUT2D eigenvalue weighted by atomic mass is 35.5. The summed E-state index contributed by atoms with van der Waals surface area (Å²) in [6.07, 6.45) is 4.13. The van der Waals surface area contributed by atoms with Crippen LogP contribution in [0.4, 0.5) is 10.2 Å². The Morgan fingerprint density at radius 3 is 2.62 bits per heavy atom. The minimum Gasteiger partial charge on any atom is -0.354 e. The zero-order valence-electron chi connectivity index (χ0n) is 18.3.